The number of likely N-dealkylation sites (tertiary alicyclic amines) is 2. The third-order valence-electron chi connectivity index (χ3n) is 5.92. The van der Waals surface area contributed by atoms with Gasteiger partial charge in [0.25, 0.3) is 5.91 Å². The van der Waals surface area contributed by atoms with E-state index in [0.717, 1.165) is 57.4 Å². The highest BCUT2D eigenvalue weighted by molar-refractivity contribution is 6.21. The minimum Gasteiger partial charge on any atom is -0.475 e. The van der Waals surface area contributed by atoms with Crippen molar-refractivity contribution in [3.8, 4) is 0 Å². The molecule has 0 unspecified atom stereocenters. The zero-order valence-corrected chi connectivity index (χ0v) is 16.3. The van der Waals surface area contributed by atoms with Crippen LogP contribution in [-0.2, 0) is 15.0 Å². The van der Waals surface area contributed by atoms with Gasteiger partial charge in [-0.2, -0.15) is 13.2 Å². The van der Waals surface area contributed by atoms with Crippen LogP contribution in [0, 0.1) is 0 Å². The zero-order valence-electron chi connectivity index (χ0n) is 16.3. The van der Waals surface area contributed by atoms with Crippen molar-refractivity contribution in [2.24, 2.45) is 0 Å². The average Bonchev–Trinajstić information content (AvgIpc) is 3.31. The summed E-state index contributed by atoms with van der Waals surface area (Å²) in [6.07, 6.45) is 1.77. The molecule has 1 aromatic rings. The number of carbonyl (C=O) groups is 2. The summed E-state index contributed by atoms with van der Waals surface area (Å²) in [5.41, 5.74) is 3.62. The maximum absolute atomic E-state index is 12.9. The number of hydrogen-bond donors (Lipinski definition) is 1. The van der Waals surface area contributed by atoms with Crippen LogP contribution in [0.3, 0.4) is 0 Å². The Bertz CT molecular complexity index is 806. The second kappa shape index (κ2) is 8.18. The molecule has 8 heteroatoms. The van der Waals surface area contributed by atoms with E-state index in [4.69, 9.17) is 9.90 Å². The van der Waals surface area contributed by atoms with Gasteiger partial charge in [0.1, 0.15) is 0 Å². The molecule has 2 heterocycles. The molecular weight excluding hydrogens is 385 g/mol. The standard InChI is InChI=1S/C19H24N2O.C2HF3O2/c1-20-12-8-19(9-13-20)14-16(15-6-2-3-7-17(15)19)18(22)21-10-4-5-11-21;3-2(4,5)1(6)7/h2-3,6-7,14H,4-5,8-13H2,1H3;(H,6,7). The fraction of sp³-hybridized carbons (Fsp3) is 0.524. The van der Waals surface area contributed by atoms with Crippen molar-refractivity contribution in [1.82, 2.24) is 9.80 Å². The molecule has 0 bridgehead atoms. The van der Waals surface area contributed by atoms with E-state index in [1.165, 1.54) is 11.1 Å². The number of carboxylic acids is 1. The monoisotopic (exact) mass is 410 g/mol. The largest absolute Gasteiger partial charge is 0.490 e. The number of amides is 1. The number of carbonyl (C=O) groups excluding carboxylic acids is 1. The lowest BCUT2D eigenvalue weighted by Crippen LogP contribution is -2.38. The van der Waals surface area contributed by atoms with E-state index in [1.54, 1.807) is 0 Å². The molecule has 1 aromatic carbocycles. The fourth-order valence-corrected chi connectivity index (χ4v) is 4.28. The van der Waals surface area contributed by atoms with Crippen molar-refractivity contribution >= 4 is 17.4 Å². The molecule has 2 saturated heterocycles. The fourth-order valence-electron chi connectivity index (χ4n) is 4.28. The summed E-state index contributed by atoms with van der Waals surface area (Å²) >= 11 is 0. The van der Waals surface area contributed by atoms with Crippen molar-refractivity contribution in [2.75, 3.05) is 33.2 Å². The lowest BCUT2D eigenvalue weighted by molar-refractivity contribution is -0.192. The maximum atomic E-state index is 12.9. The van der Waals surface area contributed by atoms with E-state index in [9.17, 15) is 18.0 Å². The van der Waals surface area contributed by atoms with E-state index >= 15 is 0 Å². The third kappa shape index (κ3) is 4.47. The molecular formula is C21H25F3N2O3. The van der Waals surface area contributed by atoms with Crippen LogP contribution in [0.25, 0.3) is 5.57 Å². The van der Waals surface area contributed by atoms with Crippen LogP contribution < -0.4 is 0 Å². The summed E-state index contributed by atoms with van der Waals surface area (Å²) in [5, 5.41) is 7.12. The predicted molar refractivity (Wildman–Crippen MR) is 102 cm³/mol. The highest BCUT2D eigenvalue weighted by Gasteiger charge is 2.42. The number of fused-ring (bicyclic) bond motifs is 2. The van der Waals surface area contributed by atoms with Crippen molar-refractivity contribution in [2.45, 2.75) is 37.3 Å². The summed E-state index contributed by atoms with van der Waals surface area (Å²) in [6.45, 7) is 4.06. The zero-order chi connectivity index (χ0) is 21.2. The molecule has 0 aromatic heterocycles. The molecule has 1 N–H and O–H groups in total. The van der Waals surface area contributed by atoms with Gasteiger partial charge in [-0.3, -0.25) is 4.79 Å². The van der Waals surface area contributed by atoms with E-state index in [-0.39, 0.29) is 11.3 Å². The number of halogens is 3. The summed E-state index contributed by atoms with van der Waals surface area (Å²) < 4.78 is 31.7. The lowest BCUT2D eigenvalue weighted by Gasteiger charge is -2.37. The SMILES string of the molecule is CN1CCC2(C=C(C(=O)N3CCCC3)c3ccccc32)CC1.O=C(O)C(F)(F)F. The number of nitrogens with zero attached hydrogens (tertiary/aromatic N) is 2. The van der Waals surface area contributed by atoms with Gasteiger partial charge in [-0.1, -0.05) is 30.3 Å². The van der Waals surface area contributed by atoms with Crippen LogP contribution in [0.4, 0.5) is 13.2 Å². The number of hydrogen-bond acceptors (Lipinski definition) is 3. The molecule has 0 atom stereocenters. The van der Waals surface area contributed by atoms with Crippen LogP contribution in [0.5, 0.6) is 0 Å². The van der Waals surface area contributed by atoms with Gasteiger partial charge in [0.2, 0.25) is 0 Å². The average molecular weight is 410 g/mol. The minimum atomic E-state index is -5.08. The Labute approximate surface area is 167 Å². The number of piperidine rings is 1. The van der Waals surface area contributed by atoms with Crippen LogP contribution in [0.1, 0.15) is 36.8 Å². The Morgan fingerprint density at radius 1 is 1.03 bits per heavy atom. The molecule has 0 saturated carbocycles. The molecule has 1 aliphatic carbocycles. The molecule has 4 rings (SSSR count). The number of allylic oxidation sites excluding steroid dienone is 1. The highest BCUT2D eigenvalue weighted by Crippen LogP contribution is 2.47. The summed E-state index contributed by atoms with van der Waals surface area (Å²) in [5.74, 6) is -2.51. The Morgan fingerprint density at radius 3 is 2.14 bits per heavy atom. The molecule has 29 heavy (non-hydrogen) atoms. The first kappa shape index (κ1) is 21.4. The number of rotatable bonds is 1. The molecule has 0 radical (unpaired) electrons. The summed E-state index contributed by atoms with van der Waals surface area (Å²) in [7, 11) is 2.19. The first-order valence-corrected chi connectivity index (χ1v) is 9.75. The summed E-state index contributed by atoms with van der Waals surface area (Å²) in [4.78, 5) is 26.3. The van der Waals surface area contributed by atoms with Crippen molar-refractivity contribution < 1.29 is 27.9 Å². The Morgan fingerprint density at radius 2 is 1.59 bits per heavy atom. The molecule has 2 aliphatic heterocycles. The second-order valence-electron chi connectivity index (χ2n) is 7.87. The minimum absolute atomic E-state index is 0.0911. The number of carboxylic acid groups (broad SMARTS) is 1. The van der Waals surface area contributed by atoms with Gasteiger partial charge < -0.3 is 14.9 Å². The van der Waals surface area contributed by atoms with Gasteiger partial charge in [0, 0.05) is 24.1 Å². The molecule has 5 nitrogen and oxygen atoms in total. The molecule has 3 aliphatic rings. The second-order valence-corrected chi connectivity index (χ2v) is 7.87. The number of alkyl halides is 3. The maximum Gasteiger partial charge on any atom is 0.490 e. The number of benzene rings is 1. The van der Waals surface area contributed by atoms with Crippen molar-refractivity contribution in [3.63, 3.8) is 0 Å². The number of aliphatic carboxylic acids is 1. The van der Waals surface area contributed by atoms with Gasteiger partial charge in [0.15, 0.2) is 0 Å². The molecule has 1 spiro atoms. The topological polar surface area (TPSA) is 60.9 Å². The first-order chi connectivity index (χ1) is 13.6. The van der Waals surface area contributed by atoms with E-state index in [1.807, 2.05) is 4.90 Å². The quantitative estimate of drug-likeness (QED) is 0.772. The first-order valence-electron chi connectivity index (χ1n) is 9.75. The Hall–Kier alpha value is -2.35. The Kier molecular flexibility index (Phi) is 6.03. The van der Waals surface area contributed by atoms with Crippen LogP contribution in [0.15, 0.2) is 30.3 Å². The third-order valence-corrected chi connectivity index (χ3v) is 5.92. The van der Waals surface area contributed by atoms with Gasteiger partial charge in [-0.25, -0.2) is 4.79 Å². The lowest BCUT2D eigenvalue weighted by atomic mass is 9.75. The van der Waals surface area contributed by atoms with E-state index in [2.05, 4.69) is 42.3 Å². The van der Waals surface area contributed by atoms with Crippen molar-refractivity contribution in [3.05, 3.63) is 41.5 Å². The van der Waals surface area contributed by atoms with Gasteiger partial charge in [-0.15, -0.1) is 0 Å². The smallest absolute Gasteiger partial charge is 0.475 e. The molecule has 1 amide bonds. The summed E-state index contributed by atoms with van der Waals surface area (Å²) in [6, 6.07) is 8.57. The van der Waals surface area contributed by atoms with Crippen LogP contribution in [0.2, 0.25) is 0 Å². The molecule has 158 valence electrons. The predicted octanol–water partition coefficient (Wildman–Crippen LogP) is 3.30. The van der Waals surface area contributed by atoms with E-state index < -0.39 is 12.1 Å². The van der Waals surface area contributed by atoms with Gasteiger partial charge >= 0.3 is 12.1 Å². The van der Waals surface area contributed by atoms with Crippen molar-refractivity contribution in [1.29, 1.82) is 0 Å². The normalized spacial score (nSPS) is 20.7. The van der Waals surface area contributed by atoms with Crippen LogP contribution in [-0.4, -0.2) is 66.2 Å². The molecule has 2 fully saturated rings. The highest BCUT2D eigenvalue weighted by atomic mass is 19.4. The van der Waals surface area contributed by atoms with Gasteiger partial charge in [-0.05, 0) is 56.9 Å². The van der Waals surface area contributed by atoms with Gasteiger partial charge in [0.05, 0.1) is 0 Å². The van der Waals surface area contributed by atoms with Crippen LogP contribution >= 0.6 is 0 Å². The Balaban J connectivity index is 0.000000298. The van der Waals surface area contributed by atoms with E-state index in [0.29, 0.717) is 0 Å².